The Morgan fingerprint density at radius 3 is 2.19 bits per heavy atom. The Balaban J connectivity index is 2.03. The maximum atomic E-state index is 12.2. The minimum Gasteiger partial charge on any atom is -0.465 e. The predicted octanol–water partition coefficient (Wildman–Crippen LogP) is 3.26. The maximum absolute atomic E-state index is 12.2. The Hall–Kier alpha value is -3.35. The Bertz CT molecular complexity index is 801. The third-order valence-corrected chi connectivity index (χ3v) is 3.41. The van der Waals surface area contributed by atoms with Crippen molar-refractivity contribution in [3.8, 4) is 0 Å². The zero-order chi connectivity index (χ0) is 19.1. The van der Waals surface area contributed by atoms with Crippen LogP contribution in [0.15, 0.2) is 48.5 Å². The van der Waals surface area contributed by atoms with Gasteiger partial charge in [-0.1, -0.05) is 12.1 Å². The van der Waals surface area contributed by atoms with Gasteiger partial charge in [0.15, 0.2) is 0 Å². The number of benzene rings is 2. The molecule has 0 aliphatic rings. The molecule has 0 saturated heterocycles. The molecule has 0 saturated carbocycles. The topological polar surface area (TPSA) is 96.5 Å². The van der Waals surface area contributed by atoms with Gasteiger partial charge in [0, 0.05) is 17.3 Å². The molecule has 3 N–H and O–H groups in total. The molecule has 0 unspecified atom stereocenters. The number of amides is 3. The second kappa shape index (κ2) is 8.66. The molecular weight excluding hydrogens is 334 g/mol. The summed E-state index contributed by atoms with van der Waals surface area (Å²) in [4.78, 5) is 35.8. The molecule has 2 aromatic carbocycles. The summed E-state index contributed by atoms with van der Waals surface area (Å²) in [7, 11) is 1.27. The summed E-state index contributed by atoms with van der Waals surface area (Å²) >= 11 is 0. The summed E-state index contributed by atoms with van der Waals surface area (Å²) in [5, 5.41) is 8.05. The number of esters is 1. The number of hydrogen-bond acceptors (Lipinski definition) is 4. The van der Waals surface area contributed by atoms with E-state index >= 15 is 0 Å². The molecule has 2 rings (SSSR count). The number of ether oxygens (including phenoxy) is 1. The van der Waals surface area contributed by atoms with Crippen molar-refractivity contribution in [3.05, 3.63) is 59.7 Å². The van der Waals surface area contributed by atoms with E-state index in [1.54, 1.807) is 48.5 Å². The van der Waals surface area contributed by atoms with Gasteiger partial charge in [-0.15, -0.1) is 0 Å². The van der Waals surface area contributed by atoms with Crippen LogP contribution >= 0.6 is 0 Å². The molecule has 0 bridgehead atoms. The molecule has 0 fully saturated rings. The molecule has 2 aromatic rings. The van der Waals surface area contributed by atoms with E-state index in [2.05, 4.69) is 16.0 Å². The van der Waals surface area contributed by atoms with Crippen molar-refractivity contribution < 1.29 is 19.1 Å². The van der Waals surface area contributed by atoms with Crippen LogP contribution in [0.25, 0.3) is 0 Å². The maximum Gasteiger partial charge on any atom is 0.339 e. The van der Waals surface area contributed by atoms with Crippen molar-refractivity contribution >= 4 is 29.3 Å². The average Bonchev–Trinajstić information content (AvgIpc) is 2.61. The molecule has 0 aliphatic carbocycles. The van der Waals surface area contributed by atoms with Crippen molar-refractivity contribution in [2.45, 2.75) is 19.9 Å². The SMILES string of the molecule is COC(=O)c1ccccc1NC(=O)Nc1ccc(C(=O)NC(C)C)cc1. The molecular formula is C19H21N3O4. The monoisotopic (exact) mass is 355 g/mol. The van der Waals surface area contributed by atoms with Gasteiger partial charge in [-0.25, -0.2) is 9.59 Å². The van der Waals surface area contributed by atoms with Gasteiger partial charge < -0.3 is 20.7 Å². The Morgan fingerprint density at radius 2 is 1.58 bits per heavy atom. The van der Waals surface area contributed by atoms with Crippen LogP contribution < -0.4 is 16.0 Å². The molecule has 7 heteroatoms. The predicted molar refractivity (Wildman–Crippen MR) is 99.5 cm³/mol. The van der Waals surface area contributed by atoms with Crippen LogP contribution in [0.1, 0.15) is 34.6 Å². The number of nitrogens with one attached hydrogen (secondary N) is 3. The molecule has 7 nitrogen and oxygen atoms in total. The van der Waals surface area contributed by atoms with Crippen LogP contribution in [0.2, 0.25) is 0 Å². The summed E-state index contributed by atoms with van der Waals surface area (Å²) < 4.78 is 4.69. The van der Waals surface area contributed by atoms with Crippen LogP contribution in [0, 0.1) is 0 Å². The number of methoxy groups -OCH3 is 1. The number of carbonyl (C=O) groups excluding carboxylic acids is 3. The van der Waals surface area contributed by atoms with Crippen molar-refractivity contribution in [2.75, 3.05) is 17.7 Å². The number of urea groups is 1. The fourth-order valence-corrected chi connectivity index (χ4v) is 2.22. The average molecular weight is 355 g/mol. The van der Waals surface area contributed by atoms with Gasteiger partial charge in [0.05, 0.1) is 18.4 Å². The minimum atomic E-state index is -0.540. The molecule has 0 heterocycles. The molecule has 3 amide bonds. The highest BCUT2D eigenvalue weighted by molar-refractivity contribution is 6.05. The molecule has 0 spiro atoms. The van der Waals surface area contributed by atoms with Crippen molar-refractivity contribution in [3.63, 3.8) is 0 Å². The smallest absolute Gasteiger partial charge is 0.339 e. The van der Waals surface area contributed by atoms with Gasteiger partial charge in [0.2, 0.25) is 0 Å². The fourth-order valence-electron chi connectivity index (χ4n) is 2.22. The van der Waals surface area contributed by atoms with E-state index in [1.165, 1.54) is 7.11 Å². The summed E-state index contributed by atoms with van der Waals surface area (Å²) in [6.07, 6.45) is 0. The van der Waals surface area contributed by atoms with Crippen LogP contribution in [0.3, 0.4) is 0 Å². The van der Waals surface area contributed by atoms with Crippen LogP contribution in [0.4, 0.5) is 16.2 Å². The summed E-state index contributed by atoms with van der Waals surface area (Å²) in [6, 6.07) is 12.6. The van der Waals surface area contributed by atoms with E-state index in [4.69, 9.17) is 4.74 Å². The zero-order valence-corrected chi connectivity index (χ0v) is 14.8. The standard InChI is InChI=1S/C19H21N3O4/c1-12(2)20-17(23)13-8-10-14(11-9-13)21-19(25)22-16-7-5-4-6-15(16)18(24)26-3/h4-12H,1-3H3,(H,20,23)(H2,21,22,25). The lowest BCUT2D eigenvalue weighted by Gasteiger charge is -2.11. The van der Waals surface area contributed by atoms with E-state index in [9.17, 15) is 14.4 Å². The fraction of sp³-hybridized carbons (Fsp3) is 0.211. The van der Waals surface area contributed by atoms with Crippen molar-refractivity contribution in [2.24, 2.45) is 0 Å². The quantitative estimate of drug-likeness (QED) is 0.717. The number of carbonyl (C=O) groups is 3. The first-order valence-corrected chi connectivity index (χ1v) is 8.07. The summed E-state index contributed by atoms with van der Waals surface area (Å²) in [5.41, 5.74) is 1.61. The Labute approximate surface area is 151 Å². The molecule has 0 radical (unpaired) electrons. The third-order valence-electron chi connectivity index (χ3n) is 3.41. The summed E-state index contributed by atoms with van der Waals surface area (Å²) in [5.74, 6) is -0.718. The first-order chi connectivity index (χ1) is 12.4. The highest BCUT2D eigenvalue weighted by atomic mass is 16.5. The van der Waals surface area contributed by atoms with Crippen LogP contribution in [-0.4, -0.2) is 31.1 Å². The van der Waals surface area contributed by atoms with Gasteiger partial charge in [-0.3, -0.25) is 4.79 Å². The van der Waals surface area contributed by atoms with Gasteiger partial charge in [-0.05, 0) is 50.2 Å². The molecule has 0 atom stereocenters. The van der Waals surface area contributed by atoms with E-state index in [0.717, 1.165) is 0 Å². The minimum absolute atomic E-state index is 0.0426. The van der Waals surface area contributed by atoms with E-state index in [-0.39, 0.29) is 17.5 Å². The Morgan fingerprint density at radius 1 is 0.923 bits per heavy atom. The summed E-state index contributed by atoms with van der Waals surface area (Å²) in [6.45, 7) is 3.76. The van der Waals surface area contributed by atoms with Crippen molar-refractivity contribution in [1.82, 2.24) is 5.32 Å². The Kier molecular flexibility index (Phi) is 6.32. The lowest BCUT2D eigenvalue weighted by Crippen LogP contribution is -2.30. The largest absolute Gasteiger partial charge is 0.465 e. The second-order valence-electron chi connectivity index (χ2n) is 5.82. The molecule has 26 heavy (non-hydrogen) atoms. The van der Waals surface area contributed by atoms with E-state index in [1.807, 2.05) is 13.8 Å². The third kappa shape index (κ3) is 5.07. The van der Waals surface area contributed by atoms with Gasteiger partial charge in [0.25, 0.3) is 5.91 Å². The van der Waals surface area contributed by atoms with Gasteiger partial charge >= 0.3 is 12.0 Å². The first kappa shape index (κ1) is 19.0. The highest BCUT2D eigenvalue weighted by Gasteiger charge is 2.13. The lowest BCUT2D eigenvalue weighted by molar-refractivity contribution is 0.0601. The normalized spacial score (nSPS) is 10.2. The zero-order valence-electron chi connectivity index (χ0n) is 14.8. The first-order valence-electron chi connectivity index (χ1n) is 8.07. The highest BCUT2D eigenvalue weighted by Crippen LogP contribution is 2.17. The molecule has 136 valence electrons. The number of anilines is 2. The van der Waals surface area contributed by atoms with E-state index < -0.39 is 12.0 Å². The van der Waals surface area contributed by atoms with E-state index in [0.29, 0.717) is 16.9 Å². The van der Waals surface area contributed by atoms with Gasteiger partial charge in [-0.2, -0.15) is 0 Å². The number of hydrogen-bond donors (Lipinski definition) is 3. The molecule has 0 aromatic heterocycles. The number of rotatable bonds is 5. The van der Waals surface area contributed by atoms with Crippen molar-refractivity contribution in [1.29, 1.82) is 0 Å². The molecule has 0 aliphatic heterocycles. The van der Waals surface area contributed by atoms with Crippen LogP contribution in [-0.2, 0) is 4.74 Å². The van der Waals surface area contributed by atoms with Crippen LogP contribution in [0.5, 0.6) is 0 Å². The lowest BCUT2D eigenvalue weighted by atomic mass is 10.2. The number of para-hydroxylation sites is 1. The second-order valence-corrected chi connectivity index (χ2v) is 5.82. The van der Waals surface area contributed by atoms with Gasteiger partial charge in [0.1, 0.15) is 0 Å².